The van der Waals surface area contributed by atoms with E-state index in [1.807, 2.05) is 19.2 Å². The largest absolute Gasteiger partial charge is 0.399 e. The van der Waals surface area contributed by atoms with Crippen molar-refractivity contribution in [2.45, 2.75) is 75.6 Å². The highest BCUT2D eigenvalue weighted by Gasteiger charge is 2.60. The molecular formula is C23H33NO3. The fourth-order valence-corrected chi connectivity index (χ4v) is 6.75. The molecule has 0 spiro atoms. The molecule has 4 nitrogen and oxygen atoms in total. The van der Waals surface area contributed by atoms with Crippen LogP contribution >= 0.6 is 0 Å². The van der Waals surface area contributed by atoms with Gasteiger partial charge < -0.3 is 10.5 Å². The van der Waals surface area contributed by atoms with E-state index in [9.17, 15) is 0 Å². The molecule has 1 aromatic rings. The highest BCUT2D eigenvalue weighted by atomic mass is 17.2. The van der Waals surface area contributed by atoms with E-state index < -0.39 is 5.79 Å². The van der Waals surface area contributed by atoms with Gasteiger partial charge in [-0.3, -0.25) is 0 Å². The molecule has 0 aromatic heterocycles. The molecule has 0 atom stereocenters. The Labute approximate surface area is 162 Å². The third-order valence-corrected chi connectivity index (χ3v) is 7.99. The minimum atomic E-state index is -0.485. The minimum absolute atomic E-state index is 0.194. The number of nitrogens with two attached hydrogens (primary N) is 1. The maximum atomic E-state index is 6.21. The summed E-state index contributed by atoms with van der Waals surface area (Å²) in [6, 6.07) is 8.36. The monoisotopic (exact) mass is 371 g/mol. The van der Waals surface area contributed by atoms with Gasteiger partial charge in [-0.05, 0) is 93.2 Å². The number of methoxy groups -OCH3 is 1. The van der Waals surface area contributed by atoms with E-state index in [0.717, 1.165) is 43.2 Å². The molecule has 0 unspecified atom stereocenters. The lowest BCUT2D eigenvalue weighted by Gasteiger charge is -2.58. The Balaban J connectivity index is 1.18. The highest BCUT2D eigenvalue weighted by molar-refractivity contribution is 5.40. The molecule has 5 aliphatic rings. The zero-order valence-corrected chi connectivity index (χ0v) is 16.4. The number of rotatable bonds is 5. The first-order valence-electron chi connectivity index (χ1n) is 10.9. The maximum absolute atomic E-state index is 6.21. The van der Waals surface area contributed by atoms with Gasteiger partial charge in [-0.25, -0.2) is 9.78 Å². The van der Waals surface area contributed by atoms with Crippen LogP contribution in [-0.2, 0) is 14.5 Å². The van der Waals surface area contributed by atoms with E-state index >= 15 is 0 Å². The van der Waals surface area contributed by atoms with Crippen molar-refractivity contribution in [3.8, 4) is 0 Å². The van der Waals surface area contributed by atoms with E-state index in [0.29, 0.717) is 17.8 Å². The standard InChI is InChI=1S/C23H33NO3/c1-25-23(19-11-15-10-16(13-19)14-20(23)12-15)27-26-22-8-4-18(5-9-22)17-2-6-21(24)7-3-17/h2-3,6-7,15-16,18-20,22H,4-5,8-14,24H2,1H3. The van der Waals surface area contributed by atoms with Crippen molar-refractivity contribution in [3.63, 3.8) is 0 Å². The zero-order valence-electron chi connectivity index (χ0n) is 16.4. The van der Waals surface area contributed by atoms with Crippen LogP contribution in [0.2, 0.25) is 0 Å². The summed E-state index contributed by atoms with van der Waals surface area (Å²) in [5.41, 5.74) is 8.05. The summed E-state index contributed by atoms with van der Waals surface area (Å²) in [7, 11) is 1.82. The van der Waals surface area contributed by atoms with Gasteiger partial charge in [-0.15, -0.1) is 0 Å². The third-order valence-electron chi connectivity index (χ3n) is 7.99. The van der Waals surface area contributed by atoms with Crippen molar-refractivity contribution in [2.75, 3.05) is 12.8 Å². The van der Waals surface area contributed by atoms with E-state index in [4.69, 9.17) is 20.2 Å². The van der Waals surface area contributed by atoms with E-state index in [1.54, 1.807) is 0 Å². The molecule has 148 valence electrons. The molecule has 0 heterocycles. The second kappa shape index (κ2) is 7.06. The van der Waals surface area contributed by atoms with Crippen LogP contribution in [0.15, 0.2) is 24.3 Å². The smallest absolute Gasteiger partial charge is 0.207 e. The zero-order chi connectivity index (χ0) is 18.4. The minimum Gasteiger partial charge on any atom is -0.399 e. The quantitative estimate of drug-likeness (QED) is 0.341. The van der Waals surface area contributed by atoms with Gasteiger partial charge in [0.1, 0.15) is 0 Å². The molecule has 5 aliphatic carbocycles. The summed E-state index contributed by atoms with van der Waals surface area (Å²) in [6.07, 6.45) is 11.1. The first-order valence-corrected chi connectivity index (χ1v) is 10.9. The highest BCUT2D eigenvalue weighted by Crippen LogP contribution is 2.60. The Bertz CT molecular complexity index is 622. The number of benzene rings is 1. The molecule has 4 heteroatoms. The van der Waals surface area contributed by atoms with Crippen LogP contribution in [0.5, 0.6) is 0 Å². The van der Waals surface area contributed by atoms with Gasteiger partial charge in [0.15, 0.2) is 0 Å². The van der Waals surface area contributed by atoms with Crippen molar-refractivity contribution < 1.29 is 14.5 Å². The van der Waals surface area contributed by atoms with Crippen LogP contribution in [0.4, 0.5) is 5.69 Å². The normalized spacial score (nSPS) is 43.1. The van der Waals surface area contributed by atoms with E-state index in [2.05, 4.69) is 12.1 Å². The van der Waals surface area contributed by atoms with Crippen LogP contribution < -0.4 is 5.73 Å². The molecule has 0 aliphatic heterocycles. The predicted molar refractivity (Wildman–Crippen MR) is 105 cm³/mol. The lowest BCUT2D eigenvalue weighted by molar-refractivity contribution is -0.485. The molecule has 6 rings (SSSR count). The molecule has 5 fully saturated rings. The Morgan fingerprint density at radius 3 is 2.00 bits per heavy atom. The lowest BCUT2D eigenvalue weighted by atomic mass is 9.53. The van der Waals surface area contributed by atoms with Gasteiger partial charge in [0.2, 0.25) is 5.79 Å². The topological polar surface area (TPSA) is 53.7 Å². The molecule has 27 heavy (non-hydrogen) atoms. The molecule has 5 saturated carbocycles. The SMILES string of the molecule is COC1(OOC2CCC(c3ccc(N)cc3)CC2)C2CC3CC(C2)CC1C3. The number of hydrogen-bond acceptors (Lipinski definition) is 4. The van der Waals surface area contributed by atoms with Gasteiger partial charge >= 0.3 is 0 Å². The fraction of sp³-hybridized carbons (Fsp3) is 0.739. The van der Waals surface area contributed by atoms with Crippen LogP contribution in [0.25, 0.3) is 0 Å². The average Bonchev–Trinajstić information content (AvgIpc) is 2.69. The van der Waals surface area contributed by atoms with Gasteiger partial charge in [0.25, 0.3) is 0 Å². The molecule has 1 aromatic carbocycles. The Morgan fingerprint density at radius 1 is 0.852 bits per heavy atom. The lowest BCUT2D eigenvalue weighted by Crippen LogP contribution is -2.60. The third kappa shape index (κ3) is 3.20. The number of anilines is 1. The first kappa shape index (κ1) is 18.0. The second-order valence-corrected chi connectivity index (χ2v) is 9.55. The summed E-state index contributed by atoms with van der Waals surface area (Å²) in [5, 5.41) is 0. The van der Waals surface area contributed by atoms with Crippen molar-refractivity contribution in [1.29, 1.82) is 0 Å². The van der Waals surface area contributed by atoms with Crippen LogP contribution in [0, 0.1) is 23.7 Å². The number of ether oxygens (including phenoxy) is 1. The van der Waals surface area contributed by atoms with Gasteiger partial charge in [-0.1, -0.05) is 12.1 Å². The Morgan fingerprint density at radius 2 is 1.44 bits per heavy atom. The molecule has 0 saturated heterocycles. The van der Waals surface area contributed by atoms with Gasteiger partial charge in [0.05, 0.1) is 6.10 Å². The number of hydrogen-bond donors (Lipinski definition) is 1. The molecule has 2 N–H and O–H groups in total. The summed E-state index contributed by atoms with van der Waals surface area (Å²) < 4.78 is 6.05. The molecule has 4 bridgehead atoms. The summed E-state index contributed by atoms with van der Waals surface area (Å²) in [6.45, 7) is 0. The van der Waals surface area contributed by atoms with Crippen molar-refractivity contribution in [2.24, 2.45) is 23.7 Å². The fourth-order valence-electron chi connectivity index (χ4n) is 6.75. The summed E-state index contributed by atoms with van der Waals surface area (Å²) >= 11 is 0. The summed E-state index contributed by atoms with van der Waals surface area (Å²) in [4.78, 5) is 12.3. The van der Waals surface area contributed by atoms with Crippen LogP contribution in [-0.4, -0.2) is 19.0 Å². The first-order chi connectivity index (χ1) is 13.2. The van der Waals surface area contributed by atoms with Gasteiger partial charge in [0, 0.05) is 24.6 Å². The van der Waals surface area contributed by atoms with Crippen molar-refractivity contribution in [1.82, 2.24) is 0 Å². The van der Waals surface area contributed by atoms with Crippen molar-refractivity contribution in [3.05, 3.63) is 29.8 Å². The molecular weight excluding hydrogens is 338 g/mol. The molecule has 0 amide bonds. The maximum Gasteiger partial charge on any atom is 0.207 e. The van der Waals surface area contributed by atoms with E-state index in [-0.39, 0.29) is 6.10 Å². The molecule has 0 radical (unpaired) electrons. The second-order valence-electron chi connectivity index (χ2n) is 9.55. The van der Waals surface area contributed by atoms with Crippen LogP contribution in [0.3, 0.4) is 0 Å². The van der Waals surface area contributed by atoms with E-state index in [1.165, 1.54) is 37.7 Å². The van der Waals surface area contributed by atoms with Crippen LogP contribution in [0.1, 0.15) is 69.3 Å². The Kier molecular flexibility index (Phi) is 4.69. The van der Waals surface area contributed by atoms with Gasteiger partial charge in [-0.2, -0.15) is 0 Å². The number of nitrogen functional groups attached to an aromatic ring is 1. The Hall–Kier alpha value is -1.10. The average molecular weight is 372 g/mol. The predicted octanol–water partition coefficient (Wildman–Crippen LogP) is 5.04. The summed E-state index contributed by atoms with van der Waals surface area (Å²) in [5.74, 6) is 2.96. The van der Waals surface area contributed by atoms with Crippen molar-refractivity contribution >= 4 is 5.69 Å².